The predicted molar refractivity (Wildman–Crippen MR) is 138 cm³/mol. The van der Waals surface area contributed by atoms with E-state index < -0.39 is 33.5 Å². The normalized spacial score (nSPS) is 14.2. The molecule has 11 heteroatoms. The summed E-state index contributed by atoms with van der Waals surface area (Å²) in [4.78, 5) is -0.520. The highest BCUT2D eigenvalue weighted by molar-refractivity contribution is 7.92. The van der Waals surface area contributed by atoms with Crippen LogP contribution in [-0.2, 0) is 10.0 Å². The van der Waals surface area contributed by atoms with Crippen LogP contribution in [0.3, 0.4) is 0 Å². The maximum absolute atomic E-state index is 14.3. The Morgan fingerprint density at radius 1 is 0.872 bits per heavy atom. The molecule has 7 nitrogen and oxygen atoms in total. The lowest BCUT2D eigenvalue weighted by atomic mass is 9.88. The molecule has 0 aromatic heterocycles. The van der Waals surface area contributed by atoms with Gasteiger partial charge < -0.3 is 18.9 Å². The van der Waals surface area contributed by atoms with Crippen molar-refractivity contribution in [3.05, 3.63) is 95.8 Å². The lowest BCUT2D eigenvalue weighted by Crippen LogP contribution is -2.18. The molecule has 1 atom stereocenters. The fraction of sp³-hybridized carbons (Fsp3) is 0.143. The zero-order chi connectivity index (χ0) is 27.7. The van der Waals surface area contributed by atoms with Crippen LogP contribution in [-0.4, -0.2) is 29.2 Å². The summed E-state index contributed by atoms with van der Waals surface area (Å²) in [6.45, 7) is -3.07. The zero-order valence-corrected chi connectivity index (χ0v) is 21.5. The molecule has 0 bridgehead atoms. The molecule has 39 heavy (non-hydrogen) atoms. The number of hydrogen-bond donors (Lipinski definition) is 1. The van der Waals surface area contributed by atoms with Crippen molar-refractivity contribution in [2.24, 2.45) is 0 Å². The first-order valence-corrected chi connectivity index (χ1v) is 13.1. The van der Waals surface area contributed by atoms with Gasteiger partial charge >= 0.3 is 6.61 Å². The number of fused-ring (bicyclic) bond motifs is 3. The topological polar surface area (TPSA) is 83.1 Å². The minimum atomic E-state index is -4.28. The smallest absolute Gasteiger partial charge is 0.387 e. The first kappa shape index (κ1) is 26.2. The molecule has 4 aromatic rings. The number of hydrogen-bond acceptors (Lipinski definition) is 6. The van der Waals surface area contributed by atoms with Crippen LogP contribution in [0, 0.1) is 5.82 Å². The van der Waals surface area contributed by atoms with Gasteiger partial charge in [-0.15, -0.1) is 0 Å². The number of ether oxygens (including phenoxy) is 4. The quantitative estimate of drug-likeness (QED) is 0.270. The molecule has 0 spiro atoms. The molecule has 1 heterocycles. The Balaban J connectivity index is 1.65. The Hall–Kier alpha value is -4.38. The van der Waals surface area contributed by atoms with Gasteiger partial charge in [-0.3, -0.25) is 4.72 Å². The van der Waals surface area contributed by atoms with Gasteiger partial charge in [0.1, 0.15) is 28.3 Å². The maximum Gasteiger partial charge on any atom is 0.387 e. The molecule has 0 amide bonds. The summed E-state index contributed by atoms with van der Waals surface area (Å²) < 4.78 is 90.7. The highest BCUT2D eigenvalue weighted by Gasteiger charge is 2.32. The third kappa shape index (κ3) is 5.05. The number of sulfonamides is 1. The highest BCUT2D eigenvalue weighted by atomic mass is 32.2. The van der Waals surface area contributed by atoms with E-state index in [-0.39, 0.29) is 17.0 Å². The van der Waals surface area contributed by atoms with E-state index in [9.17, 15) is 21.6 Å². The third-order valence-corrected chi connectivity index (χ3v) is 7.56. The Morgan fingerprint density at radius 2 is 1.64 bits per heavy atom. The molecule has 5 rings (SSSR count). The van der Waals surface area contributed by atoms with Crippen molar-refractivity contribution in [3.63, 3.8) is 0 Å². The van der Waals surface area contributed by atoms with E-state index in [1.165, 1.54) is 50.6 Å². The largest absolute Gasteiger partial charge is 0.493 e. The number of benzene rings is 4. The number of anilines is 1. The van der Waals surface area contributed by atoms with Crippen molar-refractivity contribution in [1.29, 1.82) is 0 Å². The summed E-state index contributed by atoms with van der Waals surface area (Å²) in [5.41, 5.74) is 1.96. The van der Waals surface area contributed by atoms with E-state index >= 15 is 0 Å². The van der Waals surface area contributed by atoms with E-state index in [1.807, 2.05) is 0 Å². The zero-order valence-electron chi connectivity index (χ0n) is 20.7. The minimum Gasteiger partial charge on any atom is -0.493 e. The van der Waals surface area contributed by atoms with Gasteiger partial charge in [0.2, 0.25) is 0 Å². The van der Waals surface area contributed by atoms with Gasteiger partial charge in [-0.2, -0.15) is 8.78 Å². The van der Waals surface area contributed by atoms with Crippen molar-refractivity contribution in [1.82, 2.24) is 0 Å². The van der Waals surface area contributed by atoms with Gasteiger partial charge in [0.05, 0.1) is 19.8 Å². The monoisotopic (exact) mass is 557 g/mol. The van der Waals surface area contributed by atoms with Gasteiger partial charge in [-0.05, 0) is 54.1 Å². The second-order valence-corrected chi connectivity index (χ2v) is 10.1. The average molecular weight is 558 g/mol. The number of methoxy groups -OCH3 is 2. The van der Waals surface area contributed by atoms with Crippen molar-refractivity contribution >= 4 is 15.7 Å². The predicted octanol–water partition coefficient (Wildman–Crippen LogP) is 6.39. The fourth-order valence-electron chi connectivity index (χ4n) is 4.47. The van der Waals surface area contributed by atoms with Gasteiger partial charge in [0.15, 0.2) is 11.5 Å². The summed E-state index contributed by atoms with van der Waals surface area (Å²) in [5, 5.41) is 0. The summed E-state index contributed by atoms with van der Waals surface area (Å²) >= 11 is 0. The van der Waals surface area contributed by atoms with Crippen LogP contribution in [0.4, 0.5) is 18.9 Å². The van der Waals surface area contributed by atoms with E-state index in [4.69, 9.17) is 18.9 Å². The molecule has 1 aliphatic rings. The number of alkyl halides is 2. The van der Waals surface area contributed by atoms with Crippen LogP contribution in [0.5, 0.6) is 23.0 Å². The van der Waals surface area contributed by atoms with Gasteiger partial charge in [-0.25, -0.2) is 12.8 Å². The lowest BCUT2D eigenvalue weighted by Gasteiger charge is -2.31. The Kier molecular flexibility index (Phi) is 7.00. The first-order valence-electron chi connectivity index (χ1n) is 11.6. The molecule has 1 N–H and O–H groups in total. The van der Waals surface area contributed by atoms with E-state index in [0.29, 0.717) is 33.9 Å². The van der Waals surface area contributed by atoms with Crippen LogP contribution in [0.15, 0.2) is 83.8 Å². The van der Waals surface area contributed by atoms with Gasteiger partial charge in [0, 0.05) is 16.8 Å². The average Bonchev–Trinajstić information content (AvgIpc) is 2.91. The fourth-order valence-corrected chi connectivity index (χ4v) is 5.60. The molecule has 0 saturated heterocycles. The summed E-state index contributed by atoms with van der Waals surface area (Å²) in [6, 6.07) is 19.2. The van der Waals surface area contributed by atoms with E-state index in [1.54, 1.807) is 30.3 Å². The van der Waals surface area contributed by atoms with Crippen LogP contribution < -0.4 is 23.7 Å². The molecule has 202 valence electrons. The summed E-state index contributed by atoms with van der Waals surface area (Å²) in [7, 11) is -1.30. The molecule has 0 fully saturated rings. The summed E-state index contributed by atoms with van der Waals surface area (Å²) in [5.74, 6) is 0.195. The van der Waals surface area contributed by atoms with Crippen LogP contribution >= 0.6 is 0 Å². The SMILES string of the molecule is COc1ccc(C2Oc3cccc(OC(F)F)c3-c3ccc(NS(=O)(=O)c4ccccc4F)cc32)cc1OC. The highest BCUT2D eigenvalue weighted by Crippen LogP contribution is 2.50. The number of nitrogens with one attached hydrogen (secondary N) is 1. The Bertz CT molecular complexity index is 1640. The molecule has 4 aromatic carbocycles. The molecule has 1 aliphatic heterocycles. The molecular weight excluding hydrogens is 535 g/mol. The molecule has 0 radical (unpaired) electrons. The van der Waals surface area contributed by atoms with Crippen molar-refractivity contribution < 1.29 is 40.5 Å². The van der Waals surface area contributed by atoms with E-state index in [2.05, 4.69) is 4.72 Å². The van der Waals surface area contributed by atoms with Crippen LogP contribution in [0.2, 0.25) is 0 Å². The third-order valence-electron chi connectivity index (χ3n) is 6.14. The van der Waals surface area contributed by atoms with Crippen LogP contribution in [0.25, 0.3) is 11.1 Å². The number of halogens is 3. The van der Waals surface area contributed by atoms with Gasteiger partial charge in [0.25, 0.3) is 10.0 Å². The first-order chi connectivity index (χ1) is 18.7. The molecule has 0 aliphatic carbocycles. The molecular formula is C28H22F3NO6S. The lowest BCUT2D eigenvalue weighted by molar-refractivity contribution is -0.0496. The van der Waals surface area contributed by atoms with Crippen LogP contribution in [0.1, 0.15) is 17.2 Å². The maximum atomic E-state index is 14.3. The minimum absolute atomic E-state index is 0.103. The summed E-state index contributed by atoms with van der Waals surface area (Å²) in [6.07, 6.45) is -0.799. The standard InChI is InChI=1S/C28H22F3NO6S/c1-35-21-13-10-16(14-24(21)36-2)27-19-15-17(32-39(33,34)25-9-4-3-6-20(25)29)11-12-18(19)26-22(37-27)7-5-8-23(26)38-28(30)31/h3-15,27-28,32H,1-2H3. The molecule has 1 unspecified atom stereocenters. The van der Waals surface area contributed by atoms with Crippen molar-refractivity contribution in [2.75, 3.05) is 18.9 Å². The molecule has 0 saturated carbocycles. The van der Waals surface area contributed by atoms with Gasteiger partial charge in [-0.1, -0.05) is 30.3 Å². The second-order valence-electron chi connectivity index (χ2n) is 8.46. The van der Waals surface area contributed by atoms with Crippen molar-refractivity contribution in [3.8, 4) is 34.1 Å². The Labute approximate surface area is 222 Å². The van der Waals surface area contributed by atoms with Crippen molar-refractivity contribution in [2.45, 2.75) is 17.6 Å². The number of rotatable bonds is 8. The Morgan fingerprint density at radius 3 is 2.36 bits per heavy atom. The second kappa shape index (κ2) is 10.4. The van der Waals surface area contributed by atoms with E-state index in [0.717, 1.165) is 12.1 Å².